The van der Waals surface area contributed by atoms with E-state index in [1.165, 1.54) is 6.42 Å². The summed E-state index contributed by atoms with van der Waals surface area (Å²) < 4.78 is 4.99. The molecule has 0 aromatic carbocycles. The minimum absolute atomic E-state index is 0.0677. The van der Waals surface area contributed by atoms with Gasteiger partial charge in [0.25, 0.3) is 0 Å². The Morgan fingerprint density at radius 2 is 1.93 bits per heavy atom. The average Bonchev–Trinajstić information content (AvgIpc) is 2.16. The largest absolute Gasteiger partial charge is 0.446 e. The van der Waals surface area contributed by atoms with Crippen molar-refractivity contribution in [3.05, 3.63) is 0 Å². The molecule has 1 amide bonds. The fourth-order valence-electron chi connectivity index (χ4n) is 2.14. The van der Waals surface area contributed by atoms with Gasteiger partial charge in [-0.15, -0.1) is 0 Å². The minimum Gasteiger partial charge on any atom is -0.446 e. The van der Waals surface area contributed by atoms with Crippen LogP contribution in [0.3, 0.4) is 0 Å². The monoisotopic (exact) mass is 214 g/mol. The Bertz CT molecular complexity index is 199. The van der Waals surface area contributed by atoms with E-state index in [0.717, 1.165) is 38.1 Å². The Balaban J connectivity index is 2.15. The summed E-state index contributed by atoms with van der Waals surface area (Å²) in [5.74, 6) is 0.792. The fourth-order valence-corrected chi connectivity index (χ4v) is 2.14. The molecule has 0 radical (unpaired) electrons. The molecular weight excluding hydrogens is 192 g/mol. The summed E-state index contributed by atoms with van der Waals surface area (Å²) in [4.78, 5) is 12.8. The van der Waals surface area contributed by atoms with Gasteiger partial charge in [-0.05, 0) is 58.7 Å². The quantitative estimate of drug-likeness (QED) is 0.773. The molecule has 0 bridgehead atoms. The van der Waals surface area contributed by atoms with Crippen LogP contribution in [0.4, 0.5) is 4.79 Å². The zero-order valence-electron chi connectivity index (χ0n) is 9.74. The summed E-state index contributed by atoms with van der Waals surface area (Å²) in [6.07, 6.45) is 4.94. The van der Waals surface area contributed by atoms with Crippen molar-refractivity contribution in [1.29, 1.82) is 0 Å². The van der Waals surface area contributed by atoms with Crippen molar-refractivity contribution in [2.24, 2.45) is 11.7 Å². The predicted octanol–water partition coefficient (Wildman–Crippen LogP) is 1.59. The molecule has 88 valence electrons. The number of carbonyl (C=O) groups excluding carboxylic acids is 1. The van der Waals surface area contributed by atoms with E-state index in [1.54, 1.807) is 0 Å². The van der Waals surface area contributed by atoms with Crippen LogP contribution in [0.25, 0.3) is 0 Å². The molecule has 1 saturated carbocycles. The van der Waals surface area contributed by atoms with Crippen LogP contribution in [0, 0.1) is 5.92 Å². The molecule has 4 heteroatoms. The number of hydrogen-bond donors (Lipinski definition) is 1. The second kappa shape index (κ2) is 5.95. The van der Waals surface area contributed by atoms with Crippen molar-refractivity contribution < 1.29 is 9.53 Å². The maximum atomic E-state index is 10.6. The number of hydrogen-bond acceptors (Lipinski definition) is 3. The predicted molar refractivity (Wildman–Crippen MR) is 59.6 cm³/mol. The summed E-state index contributed by atoms with van der Waals surface area (Å²) in [5, 5.41) is 0. The highest BCUT2D eigenvalue weighted by molar-refractivity contribution is 5.64. The van der Waals surface area contributed by atoms with Gasteiger partial charge in [-0.3, -0.25) is 0 Å². The molecular formula is C11H22N2O2. The number of carbonyl (C=O) groups is 1. The van der Waals surface area contributed by atoms with E-state index in [-0.39, 0.29) is 6.10 Å². The minimum atomic E-state index is -0.633. The van der Waals surface area contributed by atoms with Crippen LogP contribution in [0.15, 0.2) is 0 Å². The molecule has 0 aromatic rings. The number of nitrogens with two attached hydrogens (primary N) is 1. The first-order valence-corrected chi connectivity index (χ1v) is 5.68. The van der Waals surface area contributed by atoms with Gasteiger partial charge in [0.15, 0.2) is 0 Å². The van der Waals surface area contributed by atoms with Crippen molar-refractivity contribution in [3.8, 4) is 0 Å². The van der Waals surface area contributed by atoms with E-state index in [2.05, 4.69) is 19.0 Å². The van der Waals surface area contributed by atoms with Gasteiger partial charge in [0.05, 0.1) is 0 Å². The third kappa shape index (κ3) is 5.02. The van der Waals surface area contributed by atoms with E-state index in [1.807, 2.05) is 0 Å². The molecule has 1 aliphatic rings. The van der Waals surface area contributed by atoms with E-state index in [4.69, 9.17) is 10.5 Å². The second-order valence-corrected chi connectivity index (χ2v) is 4.67. The number of nitrogens with zero attached hydrogens (tertiary/aromatic N) is 1. The second-order valence-electron chi connectivity index (χ2n) is 4.67. The lowest BCUT2D eigenvalue weighted by Crippen LogP contribution is -2.28. The first kappa shape index (κ1) is 12.3. The highest BCUT2D eigenvalue weighted by Crippen LogP contribution is 2.28. The van der Waals surface area contributed by atoms with E-state index in [9.17, 15) is 4.79 Å². The first-order chi connectivity index (χ1) is 7.08. The molecule has 4 nitrogen and oxygen atoms in total. The molecule has 0 saturated heterocycles. The lowest BCUT2D eigenvalue weighted by atomic mass is 9.85. The Labute approximate surface area is 91.8 Å². The Morgan fingerprint density at radius 1 is 1.33 bits per heavy atom. The molecule has 0 heterocycles. The topological polar surface area (TPSA) is 55.6 Å². The van der Waals surface area contributed by atoms with Crippen molar-refractivity contribution in [1.82, 2.24) is 4.90 Å². The van der Waals surface area contributed by atoms with E-state index >= 15 is 0 Å². The number of rotatable bonds is 4. The highest BCUT2D eigenvalue weighted by Gasteiger charge is 2.22. The lowest BCUT2D eigenvalue weighted by Gasteiger charge is -2.28. The van der Waals surface area contributed by atoms with Crippen LogP contribution in [-0.2, 0) is 4.74 Å². The summed E-state index contributed by atoms with van der Waals surface area (Å²) in [7, 11) is 4.20. The third-order valence-electron chi connectivity index (χ3n) is 3.06. The molecule has 1 rings (SSSR count). The molecule has 0 spiro atoms. The van der Waals surface area contributed by atoms with Gasteiger partial charge in [-0.25, -0.2) is 4.79 Å². The third-order valence-corrected chi connectivity index (χ3v) is 3.06. The summed E-state index contributed by atoms with van der Waals surface area (Å²) in [6, 6.07) is 0. The number of primary amides is 1. The maximum Gasteiger partial charge on any atom is 0.404 e. The van der Waals surface area contributed by atoms with Crippen LogP contribution in [0.1, 0.15) is 32.1 Å². The van der Waals surface area contributed by atoms with Crippen molar-refractivity contribution >= 4 is 6.09 Å². The lowest BCUT2D eigenvalue weighted by molar-refractivity contribution is 0.0689. The van der Waals surface area contributed by atoms with Gasteiger partial charge < -0.3 is 15.4 Å². The van der Waals surface area contributed by atoms with E-state index < -0.39 is 6.09 Å². The number of amides is 1. The highest BCUT2D eigenvalue weighted by atomic mass is 16.6. The van der Waals surface area contributed by atoms with Crippen LogP contribution in [0.2, 0.25) is 0 Å². The standard InChI is InChI=1S/C11H22N2O2/c1-13(2)8-7-9-3-5-10(6-4-9)15-11(12)14/h9-10H,3-8H2,1-2H3,(H2,12,14)/t9-,10-. The zero-order chi connectivity index (χ0) is 11.3. The Kier molecular flexibility index (Phi) is 4.88. The zero-order valence-corrected chi connectivity index (χ0v) is 9.74. The van der Waals surface area contributed by atoms with Crippen LogP contribution < -0.4 is 5.73 Å². The van der Waals surface area contributed by atoms with E-state index in [0.29, 0.717) is 0 Å². The molecule has 1 fully saturated rings. The van der Waals surface area contributed by atoms with Gasteiger partial charge in [-0.1, -0.05) is 0 Å². The number of ether oxygens (including phenoxy) is 1. The van der Waals surface area contributed by atoms with Gasteiger partial charge in [0.2, 0.25) is 0 Å². The van der Waals surface area contributed by atoms with Gasteiger partial charge in [-0.2, -0.15) is 0 Å². The molecule has 0 aromatic heterocycles. The van der Waals surface area contributed by atoms with Crippen molar-refractivity contribution in [3.63, 3.8) is 0 Å². The van der Waals surface area contributed by atoms with Gasteiger partial charge in [0.1, 0.15) is 6.10 Å². The summed E-state index contributed by atoms with van der Waals surface area (Å²) >= 11 is 0. The average molecular weight is 214 g/mol. The van der Waals surface area contributed by atoms with Crippen LogP contribution in [0.5, 0.6) is 0 Å². The molecule has 0 unspecified atom stereocenters. The Morgan fingerprint density at radius 3 is 2.40 bits per heavy atom. The summed E-state index contributed by atoms with van der Waals surface area (Å²) in [5.41, 5.74) is 4.99. The molecule has 15 heavy (non-hydrogen) atoms. The first-order valence-electron chi connectivity index (χ1n) is 5.68. The molecule has 2 N–H and O–H groups in total. The SMILES string of the molecule is CN(C)CC[C@H]1CC[C@H](OC(N)=O)CC1. The van der Waals surface area contributed by atoms with Crippen LogP contribution >= 0.6 is 0 Å². The molecule has 0 aliphatic heterocycles. The van der Waals surface area contributed by atoms with Gasteiger partial charge in [0, 0.05) is 0 Å². The van der Waals surface area contributed by atoms with Crippen LogP contribution in [-0.4, -0.2) is 37.7 Å². The van der Waals surface area contributed by atoms with Crippen molar-refractivity contribution in [2.45, 2.75) is 38.2 Å². The molecule has 0 atom stereocenters. The smallest absolute Gasteiger partial charge is 0.404 e. The normalized spacial score (nSPS) is 26.6. The molecule has 1 aliphatic carbocycles. The Hall–Kier alpha value is -0.770. The summed E-state index contributed by atoms with van der Waals surface area (Å²) in [6.45, 7) is 1.14. The fraction of sp³-hybridized carbons (Fsp3) is 0.909. The maximum absolute atomic E-state index is 10.6. The van der Waals surface area contributed by atoms with Crippen molar-refractivity contribution in [2.75, 3.05) is 20.6 Å². The van der Waals surface area contributed by atoms with Gasteiger partial charge >= 0.3 is 6.09 Å².